The minimum atomic E-state index is -2.63. The van der Waals surface area contributed by atoms with E-state index in [9.17, 15) is 0 Å². The highest BCUT2D eigenvalue weighted by Crippen LogP contribution is 2.24. The molecule has 0 fully saturated rings. The highest BCUT2D eigenvalue weighted by molar-refractivity contribution is 6.61. The molecule has 0 bridgehead atoms. The van der Waals surface area contributed by atoms with E-state index in [0.29, 0.717) is 25.7 Å². The lowest BCUT2D eigenvalue weighted by atomic mass is 10.0. The molecule has 0 aromatic rings. The van der Waals surface area contributed by atoms with Crippen molar-refractivity contribution in [1.29, 1.82) is 0 Å². The van der Waals surface area contributed by atoms with Crippen molar-refractivity contribution in [2.24, 2.45) is 11.7 Å². The van der Waals surface area contributed by atoms with Crippen LogP contribution in [0.4, 0.5) is 0 Å². The van der Waals surface area contributed by atoms with Crippen molar-refractivity contribution in [2.75, 3.05) is 19.8 Å². The van der Waals surface area contributed by atoms with Gasteiger partial charge in [-0.2, -0.15) is 0 Å². The molecule has 0 rings (SSSR count). The summed E-state index contributed by atoms with van der Waals surface area (Å²) in [7, 11) is -2.63. The van der Waals surface area contributed by atoms with E-state index in [0.717, 1.165) is 24.6 Å². The van der Waals surface area contributed by atoms with E-state index >= 15 is 0 Å². The molecule has 20 heavy (non-hydrogen) atoms. The van der Waals surface area contributed by atoms with E-state index in [1.165, 1.54) is 5.57 Å². The summed E-state index contributed by atoms with van der Waals surface area (Å²) in [4.78, 5) is 0. The van der Waals surface area contributed by atoms with Crippen LogP contribution in [0.2, 0.25) is 6.04 Å². The van der Waals surface area contributed by atoms with Gasteiger partial charge in [0, 0.05) is 19.3 Å². The second kappa shape index (κ2) is 10.4. The lowest BCUT2D eigenvalue weighted by molar-refractivity contribution is 0.0903. The first-order valence-electron chi connectivity index (χ1n) is 7.74. The minimum Gasteiger partial charge on any atom is -0.505 e. The summed E-state index contributed by atoms with van der Waals surface area (Å²) in [5.74, 6) is 1.57. The normalized spacial score (nSPS) is 13.6. The Morgan fingerprint density at radius 2 is 1.65 bits per heavy atom. The molecule has 0 aliphatic carbocycles. The zero-order valence-electron chi connectivity index (χ0n) is 14.1. The van der Waals surface area contributed by atoms with Crippen LogP contribution in [0.25, 0.3) is 0 Å². The Hall–Kier alpha value is -0.363. The van der Waals surface area contributed by atoms with Gasteiger partial charge in [0.1, 0.15) is 0 Å². The van der Waals surface area contributed by atoms with Crippen LogP contribution in [0.5, 0.6) is 0 Å². The molecular weight excluding hydrogens is 270 g/mol. The molecule has 0 saturated heterocycles. The van der Waals surface area contributed by atoms with Crippen molar-refractivity contribution in [3.8, 4) is 0 Å². The number of hydrogen-bond acceptors (Lipinski definition) is 4. The number of nitrogens with two attached hydrogens (primary N) is 1. The van der Waals surface area contributed by atoms with Crippen molar-refractivity contribution in [2.45, 2.75) is 60.4 Å². The molecule has 0 unspecified atom stereocenters. The average Bonchev–Trinajstić information content (AvgIpc) is 2.36. The van der Waals surface area contributed by atoms with Gasteiger partial charge in [0.2, 0.25) is 0 Å². The molecule has 120 valence electrons. The first-order chi connectivity index (χ1) is 9.40. The van der Waals surface area contributed by atoms with Crippen LogP contribution >= 0.6 is 0 Å². The standard InChI is InChI=1S/C15H33NO3Si/c1-7-17-20(18-8-2,11-9-10-16)19-15(6)14(5)12-13(3)4/h13H,7-12,16H2,1-6H3. The fraction of sp³-hybridized carbons (Fsp3) is 0.867. The van der Waals surface area contributed by atoms with Crippen LogP contribution in [-0.2, 0) is 13.3 Å². The third-order valence-corrected chi connectivity index (χ3v) is 6.08. The monoisotopic (exact) mass is 303 g/mol. The van der Waals surface area contributed by atoms with Gasteiger partial charge in [0.25, 0.3) is 0 Å². The van der Waals surface area contributed by atoms with Crippen molar-refractivity contribution >= 4 is 8.80 Å². The molecule has 0 aromatic carbocycles. The van der Waals surface area contributed by atoms with Gasteiger partial charge in [-0.3, -0.25) is 0 Å². The molecule has 2 N–H and O–H groups in total. The van der Waals surface area contributed by atoms with Gasteiger partial charge in [-0.1, -0.05) is 13.8 Å². The zero-order valence-corrected chi connectivity index (χ0v) is 15.1. The van der Waals surface area contributed by atoms with Crippen LogP contribution in [0.3, 0.4) is 0 Å². The van der Waals surface area contributed by atoms with E-state index in [-0.39, 0.29) is 0 Å². The molecule has 0 aromatic heterocycles. The van der Waals surface area contributed by atoms with Crippen LogP contribution in [-0.4, -0.2) is 28.6 Å². The minimum absolute atomic E-state index is 0.604. The Morgan fingerprint density at radius 1 is 1.10 bits per heavy atom. The van der Waals surface area contributed by atoms with E-state index in [4.69, 9.17) is 19.0 Å². The van der Waals surface area contributed by atoms with Gasteiger partial charge >= 0.3 is 8.80 Å². The number of rotatable bonds is 11. The Morgan fingerprint density at radius 3 is 2.05 bits per heavy atom. The second-order valence-corrected chi connectivity index (χ2v) is 8.13. The molecule has 0 saturated carbocycles. The highest BCUT2D eigenvalue weighted by atomic mass is 28.4. The van der Waals surface area contributed by atoms with Crippen molar-refractivity contribution in [1.82, 2.24) is 0 Å². The molecule has 0 atom stereocenters. The van der Waals surface area contributed by atoms with E-state index in [1.807, 2.05) is 20.8 Å². The summed E-state index contributed by atoms with van der Waals surface area (Å²) >= 11 is 0. The molecule has 4 nitrogen and oxygen atoms in total. The van der Waals surface area contributed by atoms with Crippen LogP contribution < -0.4 is 5.73 Å². The van der Waals surface area contributed by atoms with E-state index in [2.05, 4.69) is 20.8 Å². The third kappa shape index (κ3) is 7.43. The quantitative estimate of drug-likeness (QED) is 0.467. The molecule has 0 aliphatic heterocycles. The predicted octanol–water partition coefficient (Wildman–Crippen LogP) is 3.70. The van der Waals surface area contributed by atoms with Crippen LogP contribution in [0.15, 0.2) is 11.3 Å². The van der Waals surface area contributed by atoms with Gasteiger partial charge in [0.15, 0.2) is 0 Å². The number of hydrogen-bond donors (Lipinski definition) is 1. The molecule has 0 spiro atoms. The highest BCUT2D eigenvalue weighted by Gasteiger charge is 2.42. The topological polar surface area (TPSA) is 53.7 Å². The van der Waals surface area contributed by atoms with Crippen molar-refractivity contribution < 1.29 is 13.3 Å². The maximum absolute atomic E-state index is 6.20. The van der Waals surface area contributed by atoms with Crippen LogP contribution in [0.1, 0.15) is 54.4 Å². The second-order valence-electron chi connectivity index (χ2n) is 5.48. The predicted molar refractivity (Wildman–Crippen MR) is 86.4 cm³/mol. The van der Waals surface area contributed by atoms with Crippen LogP contribution in [0, 0.1) is 5.92 Å². The lowest BCUT2D eigenvalue weighted by Gasteiger charge is -2.30. The first-order valence-corrected chi connectivity index (χ1v) is 9.67. The average molecular weight is 304 g/mol. The van der Waals surface area contributed by atoms with Gasteiger partial charge in [-0.15, -0.1) is 0 Å². The van der Waals surface area contributed by atoms with Crippen molar-refractivity contribution in [3.63, 3.8) is 0 Å². The fourth-order valence-electron chi connectivity index (χ4n) is 2.13. The fourth-order valence-corrected chi connectivity index (χ4v) is 4.88. The number of allylic oxidation sites excluding steroid dienone is 2. The largest absolute Gasteiger partial charge is 0.565 e. The lowest BCUT2D eigenvalue weighted by Crippen LogP contribution is -2.46. The molecule has 0 aliphatic rings. The smallest absolute Gasteiger partial charge is 0.505 e. The molecular formula is C15H33NO3Si. The molecule has 5 heteroatoms. The SMILES string of the molecule is CCO[Si](CCCN)(OCC)OC(C)=C(C)CC(C)C. The first kappa shape index (κ1) is 19.6. The molecule has 0 heterocycles. The van der Waals surface area contributed by atoms with Gasteiger partial charge in [-0.25, -0.2) is 0 Å². The molecule has 0 amide bonds. The summed E-state index contributed by atoms with van der Waals surface area (Å²) in [6.07, 6.45) is 1.90. The van der Waals surface area contributed by atoms with Gasteiger partial charge in [-0.05, 0) is 58.6 Å². The van der Waals surface area contributed by atoms with E-state index < -0.39 is 8.80 Å². The maximum Gasteiger partial charge on any atom is 0.565 e. The Bertz CT molecular complexity index is 287. The third-order valence-electron chi connectivity index (χ3n) is 3.04. The molecule has 0 radical (unpaired) electrons. The maximum atomic E-state index is 6.20. The van der Waals surface area contributed by atoms with Gasteiger partial charge in [0.05, 0.1) is 5.76 Å². The Balaban J connectivity index is 5.00. The Kier molecular flexibility index (Phi) is 10.2. The summed E-state index contributed by atoms with van der Waals surface area (Å²) < 4.78 is 18.0. The van der Waals surface area contributed by atoms with Crippen molar-refractivity contribution in [3.05, 3.63) is 11.3 Å². The summed E-state index contributed by atoms with van der Waals surface area (Å²) in [6, 6.07) is 0.775. The van der Waals surface area contributed by atoms with E-state index in [1.54, 1.807) is 0 Å². The summed E-state index contributed by atoms with van der Waals surface area (Å²) in [5, 5.41) is 0. The zero-order chi connectivity index (χ0) is 15.6. The summed E-state index contributed by atoms with van der Waals surface area (Å²) in [6.45, 7) is 14.4. The summed E-state index contributed by atoms with van der Waals surface area (Å²) in [5.41, 5.74) is 6.90. The Labute approximate surface area is 126 Å². The van der Waals surface area contributed by atoms with Gasteiger partial charge < -0.3 is 19.0 Å².